The van der Waals surface area contributed by atoms with Gasteiger partial charge in [-0.25, -0.2) is 8.42 Å². The number of allylic oxidation sites excluding steroid dienone is 1. The van der Waals surface area contributed by atoms with Crippen LogP contribution in [0.3, 0.4) is 0 Å². The number of nitrogens with one attached hydrogen (secondary N) is 2. The van der Waals surface area contributed by atoms with Crippen LogP contribution in [0.4, 0.5) is 0 Å². The summed E-state index contributed by atoms with van der Waals surface area (Å²) < 4.78 is 26.2. The molecule has 1 heterocycles. The van der Waals surface area contributed by atoms with E-state index in [1.807, 2.05) is 0 Å². The lowest BCUT2D eigenvalue weighted by atomic mass is 9.97. The molecule has 1 unspecified atom stereocenters. The molecule has 1 aromatic carbocycles. The van der Waals surface area contributed by atoms with Crippen LogP contribution in [-0.4, -0.2) is 33.3 Å². The first-order valence-corrected chi connectivity index (χ1v) is 12.5. The Balaban J connectivity index is 1.59. The first-order chi connectivity index (χ1) is 14.5. The highest BCUT2D eigenvalue weighted by atomic mass is 32.2. The van der Waals surface area contributed by atoms with Crippen LogP contribution in [0.5, 0.6) is 0 Å². The zero-order valence-electron chi connectivity index (χ0n) is 16.7. The topological polar surface area (TPSA) is 92.3 Å². The van der Waals surface area contributed by atoms with E-state index in [4.69, 9.17) is 0 Å². The quantitative estimate of drug-likeness (QED) is 0.480. The Kier molecular flexibility index (Phi) is 7.81. The number of carbonyl (C=O) groups excluding carboxylic acids is 2. The van der Waals surface area contributed by atoms with Crippen molar-refractivity contribution in [2.75, 3.05) is 13.1 Å². The van der Waals surface area contributed by atoms with Gasteiger partial charge >= 0.3 is 11.8 Å². The first kappa shape index (κ1) is 22.2. The number of thiophene rings is 1. The fourth-order valence-electron chi connectivity index (χ4n) is 3.43. The van der Waals surface area contributed by atoms with Gasteiger partial charge in [-0.3, -0.25) is 9.59 Å². The van der Waals surface area contributed by atoms with Gasteiger partial charge in [0.15, 0.2) is 9.84 Å². The van der Waals surface area contributed by atoms with Crippen LogP contribution in [0.1, 0.15) is 42.2 Å². The van der Waals surface area contributed by atoms with Crippen molar-refractivity contribution in [1.29, 1.82) is 0 Å². The molecule has 6 nitrogen and oxygen atoms in total. The predicted octanol–water partition coefficient (Wildman–Crippen LogP) is 3.39. The highest BCUT2D eigenvalue weighted by Crippen LogP contribution is 2.31. The Labute approximate surface area is 181 Å². The molecule has 160 valence electrons. The van der Waals surface area contributed by atoms with Gasteiger partial charge in [0.2, 0.25) is 0 Å². The van der Waals surface area contributed by atoms with Gasteiger partial charge < -0.3 is 10.6 Å². The first-order valence-electron chi connectivity index (χ1n) is 10.0. The molecular formula is C22H26N2O4S2. The van der Waals surface area contributed by atoms with E-state index in [0.29, 0.717) is 11.4 Å². The van der Waals surface area contributed by atoms with Gasteiger partial charge in [-0.15, -0.1) is 11.3 Å². The van der Waals surface area contributed by atoms with Crippen molar-refractivity contribution in [3.63, 3.8) is 0 Å². The standard InChI is InChI=1S/C22H26N2O4S2/c25-21(23-14-13-17-8-3-1-4-9-17)22(26)24-16-20(19-12-7-15-29-19)30(27,28)18-10-5-2-6-11-18/h2,5-8,10-12,15,20H,1,3-4,9,13-14,16H2,(H,23,25)(H,24,26). The molecule has 3 rings (SSSR count). The molecule has 0 saturated carbocycles. The highest BCUT2D eigenvalue weighted by Gasteiger charge is 2.31. The van der Waals surface area contributed by atoms with Crippen LogP contribution in [0, 0.1) is 0 Å². The van der Waals surface area contributed by atoms with Crippen LogP contribution in [0.25, 0.3) is 0 Å². The summed E-state index contributed by atoms with van der Waals surface area (Å²) in [4.78, 5) is 25.1. The Hall–Kier alpha value is -2.45. The van der Waals surface area contributed by atoms with Gasteiger partial charge in [-0.05, 0) is 55.7 Å². The van der Waals surface area contributed by atoms with Crippen molar-refractivity contribution >= 4 is 33.0 Å². The van der Waals surface area contributed by atoms with Gasteiger partial charge in [0.25, 0.3) is 0 Å². The van der Waals surface area contributed by atoms with Crippen LogP contribution in [0.15, 0.2) is 64.4 Å². The summed E-state index contributed by atoms with van der Waals surface area (Å²) in [7, 11) is -3.72. The zero-order valence-corrected chi connectivity index (χ0v) is 18.3. The highest BCUT2D eigenvalue weighted by molar-refractivity contribution is 7.91. The minimum atomic E-state index is -3.72. The predicted molar refractivity (Wildman–Crippen MR) is 118 cm³/mol. The van der Waals surface area contributed by atoms with Crippen molar-refractivity contribution < 1.29 is 18.0 Å². The number of hydrogen-bond donors (Lipinski definition) is 2. The summed E-state index contributed by atoms with van der Waals surface area (Å²) in [6, 6.07) is 11.6. The van der Waals surface area contributed by atoms with Crippen molar-refractivity contribution in [2.45, 2.75) is 42.2 Å². The molecule has 2 amide bonds. The molecule has 1 aliphatic rings. The van der Waals surface area contributed by atoms with E-state index < -0.39 is 26.9 Å². The molecule has 1 aromatic heterocycles. The van der Waals surface area contributed by atoms with E-state index in [9.17, 15) is 18.0 Å². The van der Waals surface area contributed by atoms with Crippen LogP contribution >= 0.6 is 11.3 Å². The average molecular weight is 447 g/mol. The molecule has 0 radical (unpaired) electrons. The number of rotatable bonds is 8. The summed E-state index contributed by atoms with van der Waals surface area (Å²) in [5.41, 5.74) is 1.31. The van der Waals surface area contributed by atoms with E-state index in [2.05, 4.69) is 16.7 Å². The maximum Gasteiger partial charge on any atom is 0.309 e. The number of hydrogen-bond acceptors (Lipinski definition) is 5. The number of benzene rings is 1. The molecule has 0 spiro atoms. The lowest BCUT2D eigenvalue weighted by molar-refractivity contribution is -0.139. The van der Waals surface area contributed by atoms with Crippen molar-refractivity contribution in [1.82, 2.24) is 10.6 Å². The largest absolute Gasteiger partial charge is 0.348 e. The Morgan fingerprint density at radius 2 is 1.77 bits per heavy atom. The molecule has 0 aliphatic heterocycles. The van der Waals surface area contributed by atoms with Crippen LogP contribution in [-0.2, 0) is 19.4 Å². The van der Waals surface area contributed by atoms with Crippen molar-refractivity contribution in [2.24, 2.45) is 0 Å². The second-order valence-corrected chi connectivity index (χ2v) is 10.3. The summed E-state index contributed by atoms with van der Waals surface area (Å²) in [5, 5.41) is 5.95. The van der Waals surface area contributed by atoms with E-state index >= 15 is 0 Å². The summed E-state index contributed by atoms with van der Waals surface area (Å²) >= 11 is 1.31. The fourth-order valence-corrected chi connectivity index (χ4v) is 6.23. The van der Waals surface area contributed by atoms with Gasteiger partial charge in [0.1, 0.15) is 5.25 Å². The third-order valence-corrected chi connectivity index (χ3v) is 8.31. The van der Waals surface area contributed by atoms with Gasteiger partial charge in [-0.1, -0.05) is 35.9 Å². The van der Waals surface area contributed by atoms with E-state index in [1.165, 1.54) is 41.9 Å². The summed E-state index contributed by atoms with van der Waals surface area (Å²) in [6.45, 7) is 0.226. The smallest absolute Gasteiger partial charge is 0.309 e. The van der Waals surface area contributed by atoms with Gasteiger partial charge in [0, 0.05) is 18.0 Å². The summed E-state index contributed by atoms with van der Waals surface area (Å²) in [6.07, 6.45) is 7.43. The monoisotopic (exact) mass is 446 g/mol. The average Bonchev–Trinajstić information content (AvgIpc) is 3.29. The molecule has 0 fully saturated rings. The fraction of sp³-hybridized carbons (Fsp3) is 0.364. The summed E-state index contributed by atoms with van der Waals surface area (Å²) in [5.74, 6) is -1.56. The third-order valence-electron chi connectivity index (χ3n) is 5.08. The normalized spacial score (nSPS) is 15.1. The second kappa shape index (κ2) is 10.5. The molecule has 2 N–H and O–H groups in total. The molecule has 0 saturated heterocycles. The van der Waals surface area contributed by atoms with Crippen LogP contribution in [0.2, 0.25) is 0 Å². The maximum atomic E-state index is 13.1. The third kappa shape index (κ3) is 5.79. The van der Waals surface area contributed by atoms with E-state index in [-0.39, 0.29) is 11.4 Å². The molecule has 30 heavy (non-hydrogen) atoms. The van der Waals surface area contributed by atoms with Gasteiger partial charge in [0.05, 0.1) is 4.90 Å². The SMILES string of the molecule is O=C(NCCC1=CCCCC1)C(=O)NCC(c1cccs1)S(=O)(=O)c1ccccc1. The second-order valence-electron chi connectivity index (χ2n) is 7.19. The van der Waals surface area contributed by atoms with Crippen LogP contribution < -0.4 is 10.6 Å². The molecule has 1 atom stereocenters. The molecule has 0 bridgehead atoms. The number of amides is 2. The number of carbonyl (C=O) groups is 2. The number of sulfone groups is 1. The Bertz CT molecular complexity index is 983. The minimum absolute atomic E-state index is 0.171. The molecule has 2 aromatic rings. The molecular weight excluding hydrogens is 420 g/mol. The van der Waals surface area contributed by atoms with Gasteiger partial charge in [-0.2, -0.15) is 0 Å². The lowest BCUT2D eigenvalue weighted by Gasteiger charge is -2.17. The maximum absolute atomic E-state index is 13.1. The Morgan fingerprint density at radius 1 is 1.00 bits per heavy atom. The van der Waals surface area contributed by atoms with E-state index in [0.717, 1.165) is 19.3 Å². The zero-order chi connectivity index (χ0) is 21.4. The molecule has 8 heteroatoms. The lowest BCUT2D eigenvalue weighted by Crippen LogP contribution is -2.42. The van der Waals surface area contributed by atoms with E-state index in [1.54, 1.807) is 35.7 Å². The van der Waals surface area contributed by atoms with Crippen molar-refractivity contribution in [3.8, 4) is 0 Å². The molecule has 1 aliphatic carbocycles. The Morgan fingerprint density at radius 3 is 2.43 bits per heavy atom. The minimum Gasteiger partial charge on any atom is -0.348 e. The van der Waals surface area contributed by atoms with Crippen molar-refractivity contribution in [3.05, 3.63) is 64.4 Å².